The molecule has 0 radical (unpaired) electrons. The molecule has 3 nitrogen and oxygen atoms in total. The Balaban J connectivity index is 2.33. The van der Waals surface area contributed by atoms with Crippen molar-refractivity contribution >= 4 is 41.7 Å². The van der Waals surface area contributed by atoms with Crippen molar-refractivity contribution in [2.75, 3.05) is 6.26 Å². The lowest BCUT2D eigenvalue weighted by Gasteiger charge is -2.02. The van der Waals surface area contributed by atoms with Gasteiger partial charge in [-0.25, -0.2) is 0 Å². The second-order valence-electron chi connectivity index (χ2n) is 4.86. The lowest BCUT2D eigenvalue weighted by molar-refractivity contribution is 0.101. The molecule has 0 aliphatic carbocycles. The number of rotatable bonds is 3. The number of carbonyl (C=O) groups is 1. The van der Waals surface area contributed by atoms with Gasteiger partial charge in [-0.05, 0) is 43.9 Å². The Morgan fingerprint density at radius 3 is 2.74 bits per heavy atom. The number of benzene rings is 1. The van der Waals surface area contributed by atoms with Gasteiger partial charge in [0.05, 0.1) is 16.2 Å². The van der Waals surface area contributed by atoms with Gasteiger partial charge in [-0.15, -0.1) is 11.8 Å². The third-order valence-electron chi connectivity index (χ3n) is 3.30. The van der Waals surface area contributed by atoms with Crippen LogP contribution in [0.3, 0.4) is 0 Å². The molecule has 1 aromatic carbocycles. The maximum absolute atomic E-state index is 11.5. The molecule has 0 amide bonds. The lowest BCUT2D eigenvalue weighted by Crippen LogP contribution is -1.98. The minimum atomic E-state index is 0.0170. The van der Waals surface area contributed by atoms with E-state index in [2.05, 4.69) is 23.6 Å². The van der Waals surface area contributed by atoms with Gasteiger partial charge >= 0.3 is 0 Å². The predicted octanol–water partition coefficient (Wildman–Crippen LogP) is 4.43. The van der Waals surface area contributed by atoms with Gasteiger partial charge in [0.2, 0.25) is 0 Å². The summed E-state index contributed by atoms with van der Waals surface area (Å²) in [4.78, 5) is 16.2. The van der Waals surface area contributed by atoms with Gasteiger partial charge in [-0.2, -0.15) is 0 Å². The number of ketones is 1. The number of hydrogen-bond donors (Lipinski definition) is 1. The third-order valence-corrected chi connectivity index (χ3v) is 5.13. The number of hydrogen-bond acceptors (Lipinski definition) is 5. The molecule has 0 bridgehead atoms. The van der Waals surface area contributed by atoms with Crippen LogP contribution in [0.1, 0.15) is 28.4 Å². The second-order valence-corrected chi connectivity index (χ2v) is 6.53. The third kappa shape index (κ3) is 3.84. The van der Waals surface area contributed by atoms with Crippen LogP contribution in [0.4, 0.5) is 0 Å². The molecule has 0 saturated carbocycles. The summed E-state index contributed by atoms with van der Waals surface area (Å²) in [5.74, 6) is 6.13. The molecule has 1 aliphatic heterocycles. The Kier molecular flexibility index (Phi) is 5.64. The molecule has 5 heteroatoms. The van der Waals surface area contributed by atoms with Gasteiger partial charge in [0.15, 0.2) is 5.78 Å². The van der Waals surface area contributed by atoms with Gasteiger partial charge in [-0.3, -0.25) is 15.2 Å². The van der Waals surface area contributed by atoms with Crippen LogP contribution in [0.5, 0.6) is 0 Å². The number of thioether (sulfide) groups is 2. The van der Waals surface area contributed by atoms with Crippen molar-refractivity contribution < 1.29 is 4.79 Å². The van der Waals surface area contributed by atoms with Crippen LogP contribution in [0, 0.1) is 24.2 Å². The van der Waals surface area contributed by atoms with E-state index < -0.39 is 0 Å². The predicted molar refractivity (Wildman–Crippen MR) is 102 cm³/mol. The number of nitrogens with zero attached hydrogens (tertiary/aromatic N) is 1. The van der Waals surface area contributed by atoms with Crippen LogP contribution in [0.2, 0.25) is 0 Å². The highest BCUT2D eigenvalue weighted by atomic mass is 32.2. The van der Waals surface area contributed by atoms with Crippen molar-refractivity contribution in [2.24, 2.45) is 4.99 Å². The average Bonchev–Trinajstić information content (AvgIpc) is 2.89. The van der Waals surface area contributed by atoms with Crippen LogP contribution in [-0.4, -0.2) is 24.5 Å². The Morgan fingerprint density at radius 2 is 2.13 bits per heavy atom. The highest BCUT2D eigenvalue weighted by Gasteiger charge is 2.20. The fraction of sp³-hybridized carbons (Fsp3) is 0.167. The first-order valence-electron chi connectivity index (χ1n) is 6.82. The maximum atomic E-state index is 11.5. The molecule has 0 aromatic heterocycles. The molecule has 1 aromatic rings. The molecule has 23 heavy (non-hydrogen) atoms. The van der Waals surface area contributed by atoms with Crippen LogP contribution < -0.4 is 0 Å². The van der Waals surface area contributed by atoms with E-state index in [0.717, 1.165) is 21.1 Å². The fourth-order valence-corrected chi connectivity index (χ4v) is 3.56. The average molecular weight is 340 g/mol. The largest absolute Gasteiger partial charge is 0.298 e. The second kappa shape index (κ2) is 7.49. The summed E-state index contributed by atoms with van der Waals surface area (Å²) in [6, 6.07) is 5.49. The molecule has 0 fully saturated rings. The van der Waals surface area contributed by atoms with Crippen molar-refractivity contribution in [2.45, 2.75) is 13.8 Å². The highest BCUT2D eigenvalue weighted by molar-refractivity contribution is 8.09. The molecule has 0 spiro atoms. The summed E-state index contributed by atoms with van der Waals surface area (Å²) in [7, 11) is 0. The first-order valence-corrected chi connectivity index (χ1v) is 8.93. The van der Waals surface area contributed by atoms with E-state index >= 15 is 0 Å². The topological polar surface area (TPSA) is 53.3 Å². The van der Waals surface area contributed by atoms with Gasteiger partial charge in [-0.1, -0.05) is 35.7 Å². The smallest absolute Gasteiger partial charge is 0.159 e. The number of aliphatic imine (C=N–C) groups is 1. The molecule has 0 atom stereocenters. The number of allylic oxidation sites excluding steroid dienone is 2. The highest BCUT2D eigenvalue weighted by Crippen LogP contribution is 2.36. The van der Waals surface area contributed by atoms with Crippen LogP contribution >= 0.6 is 23.5 Å². The SMILES string of the molecule is C=N/C(SC)=C1/SC=C(C#Cc2cc(C(C)=O)ccc2C)C1=N. The molecule has 0 saturated heterocycles. The Morgan fingerprint density at radius 1 is 1.39 bits per heavy atom. The summed E-state index contributed by atoms with van der Waals surface area (Å²) in [5, 5.41) is 10.8. The minimum Gasteiger partial charge on any atom is -0.298 e. The molecule has 1 N–H and O–H groups in total. The van der Waals surface area contributed by atoms with Gasteiger partial charge in [0.1, 0.15) is 5.03 Å². The van der Waals surface area contributed by atoms with Gasteiger partial charge < -0.3 is 0 Å². The maximum Gasteiger partial charge on any atom is 0.159 e. The van der Waals surface area contributed by atoms with Crippen molar-refractivity contribution in [1.29, 1.82) is 5.41 Å². The summed E-state index contributed by atoms with van der Waals surface area (Å²) in [6.07, 6.45) is 1.91. The molecular formula is C18H16N2OS2. The quantitative estimate of drug-likeness (QED) is 0.503. The van der Waals surface area contributed by atoms with Crippen molar-refractivity contribution in [1.82, 2.24) is 0 Å². The van der Waals surface area contributed by atoms with E-state index in [1.54, 1.807) is 12.1 Å². The zero-order valence-corrected chi connectivity index (χ0v) is 14.8. The molecular weight excluding hydrogens is 324 g/mol. The summed E-state index contributed by atoms with van der Waals surface area (Å²) < 4.78 is 0. The summed E-state index contributed by atoms with van der Waals surface area (Å²) in [6.45, 7) is 7.03. The Labute approximate surface area is 144 Å². The van der Waals surface area contributed by atoms with E-state index in [1.165, 1.54) is 30.4 Å². The van der Waals surface area contributed by atoms with Crippen LogP contribution in [0.15, 0.2) is 44.1 Å². The van der Waals surface area contributed by atoms with E-state index in [-0.39, 0.29) is 5.78 Å². The van der Waals surface area contributed by atoms with Crippen molar-refractivity contribution in [3.63, 3.8) is 0 Å². The van der Waals surface area contributed by atoms with E-state index in [4.69, 9.17) is 5.41 Å². The van der Waals surface area contributed by atoms with Crippen LogP contribution in [-0.2, 0) is 0 Å². The Hall–Kier alpha value is -2.03. The lowest BCUT2D eigenvalue weighted by atomic mass is 10.0. The summed E-state index contributed by atoms with van der Waals surface area (Å²) >= 11 is 2.91. The van der Waals surface area contributed by atoms with E-state index in [1.807, 2.05) is 24.7 Å². The summed E-state index contributed by atoms with van der Waals surface area (Å²) in [5.41, 5.74) is 3.49. The molecule has 1 aliphatic rings. The molecule has 116 valence electrons. The van der Waals surface area contributed by atoms with Crippen molar-refractivity contribution in [3.05, 3.63) is 55.8 Å². The fourth-order valence-electron chi connectivity index (χ4n) is 1.95. The number of Topliss-reactive ketones (excluding diaryl/α,β-unsaturated/α-hetero) is 1. The van der Waals surface area contributed by atoms with Gasteiger partial charge in [0, 0.05) is 11.1 Å². The molecule has 0 unspecified atom stereocenters. The normalized spacial score (nSPS) is 15.6. The number of aryl methyl sites for hydroxylation is 1. The standard InChI is InChI=1S/C18H16N2OS2/c1-11-5-6-14(12(2)21)9-13(11)7-8-15-10-23-17(16(15)19)18(20-3)22-4/h5-6,9-10,19H,3H2,1-2,4H3/b18-17-,19-16?. The van der Waals surface area contributed by atoms with E-state index in [0.29, 0.717) is 16.8 Å². The number of nitrogens with one attached hydrogen (secondary N) is 1. The van der Waals surface area contributed by atoms with Crippen LogP contribution in [0.25, 0.3) is 0 Å². The zero-order valence-electron chi connectivity index (χ0n) is 13.2. The minimum absolute atomic E-state index is 0.0170. The van der Waals surface area contributed by atoms with Gasteiger partial charge in [0.25, 0.3) is 0 Å². The first-order chi connectivity index (χ1) is 11.0. The van der Waals surface area contributed by atoms with E-state index in [9.17, 15) is 4.79 Å². The monoisotopic (exact) mass is 340 g/mol. The number of carbonyl (C=O) groups excluding carboxylic acids is 1. The Bertz CT molecular complexity index is 823. The van der Waals surface area contributed by atoms with Crippen molar-refractivity contribution in [3.8, 4) is 11.8 Å². The molecule has 2 rings (SSSR count). The zero-order chi connectivity index (χ0) is 17.0. The first kappa shape index (κ1) is 17.3. The molecule has 1 heterocycles.